The Balaban J connectivity index is 3.03. The first-order chi connectivity index (χ1) is 11.5. The lowest BCUT2D eigenvalue weighted by Gasteiger charge is -2.33. The summed E-state index contributed by atoms with van der Waals surface area (Å²) in [6.45, 7) is 9.61. The Bertz CT molecular complexity index is 749. The number of nitrogens with one attached hydrogen (secondary N) is 1. The van der Waals surface area contributed by atoms with Gasteiger partial charge in [0.15, 0.2) is 0 Å². The molecule has 0 heterocycles. The highest BCUT2D eigenvalue weighted by Crippen LogP contribution is 2.27. The van der Waals surface area contributed by atoms with Crippen molar-refractivity contribution in [2.45, 2.75) is 52.0 Å². The smallest absolute Gasteiger partial charge is 0.317 e. The molecule has 0 aliphatic heterocycles. The third kappa shape index (κ3) is 6.52. The zero-order chi connectivity index (χ0) is 19.3. The number of carbonyl (C=O) groups is 1. The summed E-state index contributed by atoms with van der Waals surface area (Å²) < 4.78 is 32.7. The van der Waals surface area contributed by atoms with E-state index in [-0.39, 0.29) is 22.6 Å². The summed E-state index contributed by atoms with van der Waals surface area (Å²) >= 11 is 0. The predicted octanol–water partition coefficient (Wildman–Crippen LogP) is 2.89. The standard InChI is InChI=1S/C19H27NO4S/c1-14-10-12-16(13-11-14)25(22,23)20-18(19(3,4)5)15(2)8-7-9-17(21)24-6/h10-13,15,18,20H,9H2,1-6H3/t15-,18+/m0/s1. The van der Waals surface area contributed by atoms with Crippen molar-refractivity contribution in [2.75, 3.05) is 7.11 Å². The normalized spacial score (nSPS) is 14.2. The second-order valence-corrected chi connectivity index (χ2v) is 8.85. The first-order valence-electron chi connectivity index (χ1n) is 8.11. The summed E-state index contributed by atoms with van der Waals surface area (Å²) in [6, 6.07) is 6.29. The Morgan fingerprint density at radius 3 is 2.28 bits per heavy atom. The first kappa shape index (κ1) is 21.2. The predicted molar refractivity (Wildman–Crippen MR) is 98.3 cm³/mol. The molecular weight excluding hydrogens is 338 g/mol. The molecule has 0 aliphatic rings. The summed E-state index contributed by atoms with van der Waals surface area (Å²) in [5.74, 6) is 5.04. The topological polar surface area (TPSA) is 72.5 Å². The second-order valence-electron chi connectivity index (χ2n) is 7.14. The summed E-state index contributed by atoms with van der Waals surface area (Å²) in [5.41, 5.74) is 0.644. The molecule has 0 saturated heterocycles. The third-order valence-corrected chi connectivity index (χ3v) is 5.29. The van der Waals surface area contributed by atoms with Gasteiger partial charge in [0.25, 0.3) is 0 Å². The van der Waals surface area contributed by atoms with Crippen molar-refractivity contribution in [3.05, 3.63) is 29.8 Å². The van der Waals surface area contributed by atoms with Gasteiger partial charge in [-0.25, -0.2) is 13.1 Å². The lowest BCUT2D eigenvalue weighted by molar-refractivity contribution is -0.139. The molecule has 0 aliphatic carbocycles. The average Bonchev–Trinajstić information content (AvgIpc) is 2.51. The van der Waals surface area contributed by atoms with Crippen molar-refractivity contribution in [1.82, 2.24) is 4.72 Å². The van der Waals surface area contributed by atoms with Crippen molar-refractivity contribution >= 4 is 16.0 Å². The quantitative estimate of drug-likeness (QED) is 0.643. The minimum absolute atomic E-state index is 0.0115. The largest absolute Gasteiger partial charge is 0.468 e. The number of hydrogen-bond acceptors (Lipinski definition) is 4. The van der Waals surface area contributed by atoms with E-state index in [0.29, 0.717) is 0 Å². The molecule has 1 N–H and O–H groups in total. The summed E-state index contributed by atoms with van der Waals surface area (Å²) in [7, 11) is -2.35. The van der Waals surface area contributed by atoms with E-state index in [9.17, 15) is 13.2 Å². The van der Waals surface area contributed by atoms with Crippen molar-refractivity contribution < 1.29 is 17.9 Å². The summed E-state index contributed by atoms with van der Waals surface area (Å²) in [6.07, 6.45) is -0.0115. The fourth-order valence-corrected chi connectivity index (χ4v) is 3.94. The van der Waals surface area contributed by atoms with E-state index in [4.69, 9.17) is 0 Å². The Hall–Kier alpha value is -1.84. The van der Waals surface area contributed by atoms with Crippen molar-refractivity contribution in [3.8, 4) is 11.8 Å². The summed E-state index contributed by atoms with van der Waals surface area (Å²) in [5, 5.41) is 0. The number of hydrogen-bond donors (Lipinski definition) is 1. The number of benzene rings is 1. The molecule has 25 heavy (non-hydrogen) atoms. The van der Waals surface area contributed by atoms with Crippen LogP contribution >= 0.6 is 0 Å². The molecule has 0 unspecified atom stereocenters. The van der Waals surface area contributed by atoms with Gasteiger partial charge in [0.05, 0.1) is 12.0 Å². The number of esters is 1. The van der Waals surface area contributed by atoms with E-state index in [1.807, 2.05) is 34.6 Å². The molecule has 138 valence electrons. The van der Waals surface area contributed by atoms with E-state index in [1.54, 1.807) is 24.3 Å². The molecule has 5 nitrogen and oxygen atoms in total. The molecule has 0 aromatic heterocycles. The molecule has 1 rings (SSSR count). The van der Waals surface area contributed by atoms with Gasteiger partial charge in [0.1, 0.15) is 6.42 Å². The molecule has 0 amide bonds. The van der Waals surface area contributed by atoms with Gasteiger partial charge in [-0.3, -0.25) is 4.79 Å². The lowest BCUT2D eigenvalue weighted by atomic mass is 9.80. The van der Waals surface area contributed by atoms with Crippen LogP contribution in [0.3, 0.4) is 0 Å². The highest BCUT2D eigenvalue weighted by Gasteiger charge is 2.33. The van der Waals surface area contributed by atoms with Crippen LogP contribution in [0.25, 0.3) is 0 Å². The van der Waals surface area contributed by atoms with Crippen molar-refractivity contribution in [2.24, 2.45) is 11.3 Å². The summed E-state index contributed by atoms with van der Waals surface area (Å²) in [4.78, 5) is 11.4. The Kier molecular flexibility index (Phi) is 7.21. The van der Waals surface area contributed by atoms with Crippen LogP contribution in [0.4, 0.5) is 0 Å². The van der Waals surface area contributed by atoms with Crippen LogP contribution in [0.5, 0.6) is 0 Å². The maximum atomic E-state index is 12.7. The van der Waals surface area contributed by atoms with Crippen LogP contribution in [0.15, 0.2) is 29.2 Å². The monoisotopic (exact) mass is 365 g/mol. The number of methoxy groups -OCH3 is 1. The lowest BCUT2D eigenvalue weighted by Crippen LogP contribution is -2.47. The van der Waals surface area contributed by atoms with Gasteiger partial charge in [-0.1, -0.05) is 50.3 Å². The van der Waals surface area contributed by atoms with E-state index in [0.717, 1.165) is 5.56 Å². The van der Waals surface area contributed by atoms with Crippen LogP contribution in [-0.2, 0) is 19.6 Å². The van der Waals surface area contributed by atoms with Gasteiger partial charge >= 0.3 is 5.97 Å². The molecule has 1 aromatic rings. The van der Waals surface area contributed by atoms with E-state index >= 15 is 0 Å². The third-order valence-electron chi connectivity index (χ3n) is 3.84. The molecule has 0 bridgehead atoms. The Morgan fingerprint density at radius 2 is 1.80 bits per heavy atom. The van der Waals surface area contributed by atoms with Crippen LogP contribution in [0, 0.1) is 30.1 Å². The molecule has 0 fully saturated rings. The van der Waals surface area contributed by atoms with Gasteiger partial charge in [-0.05, 0) is 31.4 Å². The highest BCUT2D eigenvalue weighted by atomic mass is 32.2. The van der Waals surface area contributed by atoms with Gasteiger partial charge in [0.2, 0.25) is 10.0 Å². The maximum absolute atomic E-state index is 12.7. The number of carbonyl (C=O) groups excluding carboxylic acids is 1. The minimum atomic E-state index is -3.66. The number of rotatable bonds is 5. The van der Waals surface area contributed by atoms with E-state index < -0.39 is 22.0 Å². The van der Waals surface area contributed by atoms with Crippen molar-refractivity contribution in [1.29, 1.82) is 0 Å². The van der Waals surface area contributed by atoms with Crippen LogP contribution in [0.1, 0.15) is 39.7 Å². The molecule has 0 radical (unpaired) electrons. The zero-order valence-corrected chi connectivity index (χ0v) is 16.5. The zero-order valence-electron chi connectivity index (χ0n) is 15.7. The van der Waals surface area contributed by atoms with E-state index in [1.165, 1.54) is 7.11 Å². The highest BCUT2D eigenvalue weighted by molar-refractivity contribution is 7.89. The van der Waals surface area contributed by atoms with Crippen molar-refractivity contribution in [3.63, 3.8) is 0 Å². The fraction of sp³-hybridized carbons (Fsp3) is 0.526. The van der Waals surface area contributed by atoms with Gasteiger partial charge in [-0.2, -0.15) is 0 Å². The maximum Gasteiger partial charge on any atom is 0.317 e. The van der Waals surface area contributed by atoms with Gasteiger partial charge in [0, 0.05) is 12.0 Å². The average molecular weight is 365 g/mol. The van der Waals surface area contributed by atoms with Gasteiger partial charge in [-0.15, -0.1) is 0 Å². The molecule has 2 atom stereocenters. The van der Waals surface area contributed by atoms with Gasteiger partial charge < -0.3 is 4.74 Å². The van der Waals surface area contributed by atoms with E-state index in [2.05, 4.69) is 21.3 Å². The number of ether oxygens (including phenoxy) is 1. The molecular formula is C19H27NO4S. The SMILES string of the molecule is COC(=O)CC#C[C@H](C)[C@@H](NS(=O)(=O)c1ccc(C)cc1)C(C)(C)C. The fourth-order valence-electron chi connectivity index (χ4n) is 2.42. The number of sulfonamides is 1. The van der Waals surface area contributed by atoms with Crippen LogP contribution < -0.4 is 4.72 Å². The Morgan fingerprint density at radius 1 is 1.24 bits per heavy atom. The number of aryl methyl sites for hydroxylation is 1. The van der Waals surface area contributed by atoms with Crippen LogP contribution in [0.2, 0.25) is 0 Å². The second kappa shape index (κ2) is 8.50. The molecule has 0 spiro atoms. The molecule has 6 heteroatoms. The minimum Gasteiger partial charge on any atom is -0.468 e. The Labute approximate surface area is 151 Å². The molecule has 1 aromatic carbocycles. The van der Waals surface area contributed by atoms with Crippen LogP contribution in [-0.4, -0.2) is 27.5 Å². The first-order valence-corrected chi connectivity index (χ1v) is 9.60. The molecule has 0 saturated carbocycles.